The Bertz CT molecular complexity index is 179. The minimum Gasteiger partial charge on any atom is -0.351 e. The summed E-state index contributed by atoms with van der Waals surface area (Å²) in [4.78, 5) is 21.6. The Labute approximate surface area is 82.8 Å². The van der Waals surface area contributed by atoms with Crippen molar-refractivity contribution in [3.05, 3.63) is 0 Å². The lowest BCUT2D eigenvalue weighted by Crippen LogP contribution is -2.39. The van der Waals surface area contributed by atoms with Crippen LogP contribution in [0.4, 0.5) is 4.79 Å². The standard InChI is InChI=1S/C8H15ClN2O2/c1-2-3-6(4-5-9)7(12)11-8(10)13/h6H,2-5H2,1H3,(H3,10,11,12,13)/t6-/m1/s1. The van der Waals surface area contributed by atoms with E-state index in [9.17, 15) is 9.59 Å². The number of alkyl halides is 1. The van der Waals surface area contributed by atoms with Gasteiger partial charge >= 0.3 is 6.03 Å². The first-order valence-electron chi connectivity index (χ1n) is 4.28. The number of primary amides is 1. The summed E-state index contributed by atoms with van der Waals surface area (Å²) >= 11 is 5.52. The van der Waals surface area contributed by atoms with Crippen molar-refractivity contribution in [2.75, 3.05) is 5.88 Å². The highest BCUT2D eigenvalue weighted by molar-refractivity contribution is 6.18. The molecule has 0 fully saturated rings. The van der Waals surface area contributed by atoms with Gasteiger partial charge in [0.15, 0.2) is 0 Å². The van der Waals surface area contributed by atoms with Crippen molar-refractivity contribution in [1.29, 1.82) is 0 Å². The number of urea groups is 1. The first-order chi connectivity index (χ1) is 6.11. The molecule has 0 unspecified atom stereocenters. The van der Waals surface area contributed by atoms with Gasteiger partial charge in [0.05, 0.1) is 0 Å². The van der Waals surface area contributed by atoms with Gasteiger partial charge < -0.3 is 5.73 Å². The van der Waals surface area contributed by atoms with Crippen LogP contribution in [0.25, 0.3) is 0 Å². The van der Waals surface area contributed by atoms with Crippen LogP contribution in [0.1, 0.15) is 26.2 Å². The van der Waals surface area contributed by atoms with E-state index >= 15 is 0 Å². The normalized spacial score (nSPS) is 12.2. The summed E-state index contributed by atoms with van der Waals surface area (Å²) in [7, 11) is 0. The number of rotatable bonds is 5. The van der Waals surface area contributed by atoms with Crippen LogP contribution < -0.4 is 11.1 Å². The number of hydrogen-bond donors (Lipinski definition) is 2. The summed E-state index contributed by atoms with van der Waals surface area (Å²) in [5.41, 5.74) is 4.82. The number of carbonyl (C=O) groups is 2. The van der Waals surface area contributed by atoms with Crippen molar-refractivity contribution in [3.8, 4) is 0 Å². The third-order valence-corrected chi connectivity index (χ3v) is 1.93. The van der Waals surface area contributed by atoms with Crippen LogP contribution in [0.3, 0.4) is 0 Å². The van der Waals surface area contributed by atoms with E-state index in [4.69, 9.17) is 17.3 Å². The molecule has 0 bridgehead atoms. The summed E-state index contributed by atoms with van der Waals surface area (Å²) in [6.45, 7) is 1.97. The van der Waals surface area contributed by atoms with E-state index in [1.54, 1.807) is 0 Å². The first kappa shape index (κ1) is 12.2. The second-order valence-corrected chi connectivity index (χ2v) is 3.19. The number of halogens is 1. The Balaban J connectivity index is 4.02. The maximum atomic E-state index is 11.3. The molecule has 0 aliphatic heterocycles. The molecule has 3 N–H and O–H groups in total. The van der Waals surface area contributed by atoms with Crippen LogP contribution in [0.15, 0.2) is 0 Å². The van der Waals surface area contributed by atoms with Gasteiger partial charge in [0.2, 0.25) is 5.91 Å². The fourth-order valence-corrected chi connectivity index (χ4v) is 1.37. The Morgan fingerprint density at radius 2 is 2.08 bits per heavy atom. The Kier molecular flexibility index (Phi) is 6.32. The second kappa shape index (κ2) is 6.71. The number of nitrogens with one attached hydrogen (secondary N) is 1. The number of amides is 3. The maximum absolute atomic E-state index is 11.3. The molecule has 76 valence electrons. The van der Waals surface area contributed by atoms with E-state index in [2.05, 4.69) is 5.32 Å². The molecule has 0 aromatic rings. The van der Waals surface area contributed by atoms with Gasteiger partial charge in [-0.25, -0.2) is 4.79 Å². The van der Waals surface area contributed by atoms with Crippen LogP contribution in [0.5, 0.6) is 0 Å². The SMILES string of the molecule is CCC[C@H](CCCl)C(=O)NC(N)=O. The minimum atomic E-state index is -0.805. The summed E-state index contributed by atoms with van der Waals surface area (Å²) < 4.78 is 0. The van der Waals surface area contributed by atoms with Gasteiger partial charge in [-0.15, -0.1) is 11.6 Å². The van der Waals surface area contributed by atoms with Crippen molar-refractivity contribution >= 4 is 23.5 Å². The summed E-state index contributed by atoms with van der Waals surface area (Å²) in [6.07, 6.45) is 2.19. The van der Waals surface area contributed by atoms with E-state index in [-0.39, 0.29) is 11.8 Å². The van der Waals surface area contributed by atoms with Gasteiger partial charge in [-0.2, -0.15) is 0 Å². The van der Waals surface area contributed by atoms with Gasteiger partial charge in [-0.05, 0) is 12.8 Å². The van der Waals surface area contributed by atoms with Crippen molar-refractivity contribution in [3.63, 3.8) is 0 Å². The molecule has 0 radical (unpaired) electrons. The third-order valence-electron chi connectivity index (χ3n) is 1.71. The Morgan fingerprint density at radius 1 is 1.46 bits per heavy atom. The van der Waals surface area contributed by atoms with Gasteiger partial charge in [-0.1, -0.05) is 13.3 Å². The van der Waals surface area contributed by atoms with Crippen LogP contribution in [-0.2, 0) is 4.79 Å². The van der Waals surface area contributed by atoms with Crippen LogP contribution >= 0.6 is 11.6 Å². The molecule has 0 rings (SSSR count). The molecule has 5 heteroatoms. The van der Waals surface area contributed by atoms with Crippen LogP contribution in [-0.4, -0.2) is 17.8 Å². The summed E-state index contributed by atoms with van der Waals surface area (Å²) in [5, 5.41) is 2.05. The topological polar surface area (TPSA) is 72.2 Å². The van der Waals surface area contributed by atoms with Crippen LogP contribution in [0.2, 0.25) is 0 Å². The molecular formula is C8H15ClN2O2. The zero-order valence-corrected chi connectivity index (χ0v) is 8.43. The number of imide groups is 1. The van der Waals surface area contributed by atoms with E-state index < -0.39 is 6.03 Å². The summed E-state index contributed by atoms with van der Waals surface area (Å²) in [5.74, 6) is -0.110. The molecule has 0 saturated heterocycles. The zero-order chi connectivity index (χ0) is 10.3. The highest BCUT2D eigenvalue weighted by Gasteiger charge is 2.17. The molecule has 0 aliphatic carbocycles. The zero-order valence-electron chi connectivity index (χ0n) is 7.68. The minimum absolute atomic E-state index is 0.199. The lowest BCUT2D eigenvalue weighted by Gasteiger charge is -2.12. The molecule has 1 atom stereocenters. The molecule has 0 heterocycles. The average Bonchev–Trinajstić information content (AvgIpc) is 2.02. The predicted octanol–water partition coefficient (Wildman–Crippen LogP) is 1.23. The van der Waals surface area contributed by atoms with E-state index in [0.29, 0.717) is 12.3 Å². The largest absolute Gasteiger partial charge is 0.351 e. The smallest absolute Gasteiger partial charge is 0.318 e. The van der Waals surface area contributed by atoms with E-state index in [1.807, 2.05) is 6.92 Å². The molecule has 13 heavy (non-hydrogen) atoms. The van der Waals surface area contributed by atoms with Gasteiger partial charge in [-0.3, -0.25) is 10.1 Å². The molecule has 0 saturated carbocycles. The number of nitrogens with two attached hydrogens (primary N) is 1. The van der Waals surface area contributed by atoms with Crippen molar-refractivity contribution in [2.45, 2.75) is 26.2 Å². The second-order valence-electron chi connectivity index (χ2n) is 2.82. The lowest BCUT2D eigenvalue weighted by molar-refractivity contribution is -0.124. The van der Waals surface area contributed by atoms with Crippen molar-refractivity contribution in [1.82, 2.24) is 5.32 Å². The fraction of sp³-hybridized carbons (Fsp3) is 0.750. The van der Waals surface area contributed by atoms with Gasteiger partial charge in [0.1, 0.15) is 0 Å². The monoisotopic (exact) mass is 206 g/mol. The highest BCUT2D eigenvalue weighted by atomic mass is 35.5. The van der Waals surface area contributed by atoms with Gasteiger partial charge in [0, 0.05) is 11.8 Å². The lowest BCUT2D eigenvalue weighted by atomic mass is 10.00. The first-order valence-corrected chi connectivity index (χ1v) is 4.81. The third kappa shape index (κ3) is 5.47. The quantitative estimate of drug-likeness (QED) is 0.664. The number of carbonyl (C=O) groups excluding carboxylic acids is 2. The highest BCUT2D eigenvalue weighted by Crippen LogP contribution is 2.11. The molecule has 4 nitrogen and oxygen atoms in total. The van der Waals surface area contributed by atoms with E-state index in [0.717, 1.165) is 12.8 Å². The van der Waals surface area contributed by atoms with Crippen molar-refractivity contribution < 1.29 is 9.59 Å². The Morgan fingerprint density at radius 3 is 2.46 bits per heavy atom. The maximum Gasteiger partial charge on any atom is 0.318 e. The number of hydrogen-bond acceptors (Lipinski definition) is 2. The Hall–Kier alpha value is -0.770. The van der Waals surface area contributed by atoms with Gasteiger partial charge in [0.25, 0.3) is 0 Å². The van der Waals surface area contributed by atoms with Crippen molar-refractivity contribution in [2.24, 2.45) is 11.7 Å². The van der Waals surface area contributed by atoms with Crippen LogP contribution in [0, 0.1) is 5.92 Å². The predicted molar refractivity (Wildman–Crippen MR) is 51.5 cm³/mol. The average molecular weight is 207 g/mol. The molecule has 0 aromatic heterocycles. The molecule has 0 aromatic carbocycles. The molecule has 3 amide bonds. The summed E-state index contributed by atoms with van der Waals surface area (Å²) in [6, 6.07) is -0.805. The fourth-order valence-electron chi connectivity index (χ4n) is 1.11. The molecule has 0 aliphatic rings. The molecule has 0 spiro atoms. The molecular weight excluding hydrogens is 192 g/mol. The van der Waals surface area contributed by atoms with E-state index in [1.165, 1.54) is 0 Å².